The maximum atomic E-state index is 6.04. The average molecular weight is 277 g/mol. The Morgan fingerprint density at radius 3 is 3.00 bits per heavy atom. The minimum atomic E-state index is 0.193. The van der Waals surface area contributed by atoms with Crippen LogP contribution < -0.4 is 10.1 Å². The number of rotatable bonds is 6. The summed E-state index contributed by atoms with van der Waals surface area (Å²) < 4.78 is 11.4. The minimum Gasteiger partial charge on any atom is -0.497 e. The van der Waals surface area contributed by atoms with E-state index < -0.39 is 0 Å². The molecule has 0 amide bonds. The lowest BCUT2D eigenvalue weighted by Crippen LogP contribution is -2.33. The van der Waals surface area contributed by atoms with Gasteiger partial charge in [0.05, 0.1) is 13.2 Å². The SMILES string of the molecule is COc1cccc(C2OCCCC2CNCC(C)C)c1. The van der Waals surface area contributed by atoms with Crippen molar-refractivity contribution in [3.05, 3.63) is 29.8 Å². The van der Waals surface area contributed by atoms with Crippen molar-refractivity contribution in [2.75, 3.05) is 26.8 Å². The van der Waals surface area contributed by atoms with Crippen LogP contribution in [0.4, 0.5) is 0 Å². The molecule has 0 bridgehead atoms. The van der Waals surface area contributed by atoms with Crippen molar-refractivity contribution >= 4 is 0 Å². The monoisotopic (exact) mass is 277 g/mol. The first-order valence-corrected chi connectivity index (χ1v) is 7.67. The molecule has 0 aliphatic carbocycles. The van der Waals surface area contributed by atoms with Gasteiger partial charge in [-0.15, -0.1) is 0 Å². The Balaban J connectivity index is 2.01. The van der Waals surface area contributed by atoms with Crippen LogP contribution in [0.3, 0.4) is 0 Å². The molecular weight excluding hydrogens is 250 g/mol. The van der Waals surface area contributed by atoms with Crippen molar-refractivity contribution in [2.24, 2.45) is 11.8 Å². The average Bonchev–Trinajstić information content (AvgIpc) is 2.47. The van der Waals surface area contributed by atoms with Gasteiger partial charge in [-0.25, -0.2) is 0 Å². The van der Waals surface area contributed by atoms with Crippen LogP contribution >= 0.6 is 0 Å². The maximum absolute atomic E-state index is 6.04. The van der Waals surface area contributed by atoms with E-state index in [9.17, 15) is 0 Å². The van der Waals surface area contributed by atoms with Crippen LogP contribution in [-0.2, 0) is 4.74 Å². The summed E-state index contributed by atoms with van der Waals surface area (Å²) in [6.07, 6.45) is 2.58. The molecule has 0 saturated carbocycles. The van der Waals surface area contributed by atoms with Gasteiger partial charge in [0.2, 0.25) is 0 Å². The fourth-order valence-electron chi connectivity index (χ4n) is 2.80. The van der Waals surface area contributed by atoms with Gasteiger partial charge in [0.25, 0.3) is 0 Å². The highest BCUT2D eigenvalue weighted by molar-refractivity contribution is 5.30. The summed E-state index contributed by atoms with van der Waals surface area (Å²) in [5, 5.41) is 3.57. The molecule has 2 unspecified atom stereocenters. The topological polar surface area (TPSA) is 30.5 Å². The lowest BCUT2D eigenvalue weighted by atomic mass is 9.89. The number of hydrogen-bond donors (Lipinski definition) is 1. The van der Waals surface area contributed by atoms with Gasteiger partial charge in [0.15, 0.2) is 0 Å². The molecule has 3 heteroatoms. The summed E-state index contributed by atoms with van der Waals surface area (Å²) in [6.45, 7) is 7.44. The number of benzene rings is 1. The zero-order valence-electron chi connectivity index (χ0n) is 12.9. The molecule has 1 aromatic carbocycles. The lowest BCUT2D eigenvalue weighted by Gasteiger charge is -2.32. The Labute approximate surface area is 122 Å². The molecule has 3 nitrogen and oxygen atoms in total. The van der Waals surface area contributed by atoms with Gasteiger partial charge < -0.3 is 14.8 Å². The van der Waals surface area contributed by atoms with E-state index in [1.54, 1.807) is 7.11 Å². The fraction of sp³-hybridized carbons (Fsp3) is 0.647. The van der Waals surface area contributed by atoms with Gasteiger partial charge in [0.1, 0.15) is 5.75 Å². The third kappa shape index (κ3) is 4.22. The maximum Gasteiger partial charge on any atom is 0.119 e. The molecule has 0 radical (unpaired) electrons. The van der Waals surface area contributed by atoms with Gasteiger partial charge >= 0.3 is 0 Å². The fourth-order valence-corrected chi connectivity index (χ4v) is 2.80. The van der Waals surface area contributed by atoms with E-state index in [-0.39, 0.29) is 6.10 Å². The molecule has 1 N–H and O–H groups in total. The van der Waals surface area contributed by atoms with Crippen molar-refractivity contribution in [3.63, 3.8) is 0 Å². The van der Waals surface area contributed by atoms with Crippen LogP contribution in [0.15, 0.2) is 24.3 Å². The molecule has 1 heterocycles. The summed E-state index contributed by atoms with van der Waals surface area (Å²) in [4.78, 5) is 0. The highest BCUT2D eigenvalue weighted by Crippen LogP contribution is 2.34. The Morgan fingerprint density at radius 2 is 2.25 bits per heavy atom. The van der Waals surface area contributed by atoms with Gasteiger partial charge in [-0.2, -0.15) is 0 Å². The molecule has 0 spiro atoms. The first-order valence-electron chi connectivity index (χ1n) is 7.67. The third-order valence-corrected chi connectivity index (χ3v) is 3.83. The van der Waals surface area contributed by atoms with E-state index in [1.807, 2.05) is 12.1 Å². The van der Waals surface area contributed by atoms with E-state index in [4.69, 9.17) is 9.47 Å². The van der Waals surface area contributed by atoms with Crippen molar-refractivity contribution in [1.82, 2.24) is 5.32 Å². The van der Waals surface area contributed by atoms with E-state index in [2.05, 4.69) is 31.3 Å². The first-order chi connectivity index (χ1) is 9.70. The molecule has 1 fully saturated rings. The summed E-state index contributed by atoms with van der Waals surface area (Å²) in [7, 11) is 1.71. The molecule has 1 aliphatic heterocycles. The van der Waals surface area contributed by atoms with Gasteiger partial charge in [-0.3, -0.25) is 0 Å². The van der Waals surface area contributed by atoms with Gasteiger partial charge in [-0.1, -0.05) is 26.0 Å². The molecular formula is C17H27NO2. The lowest BCUT2D eigenvalue weighted by molar-refractivity contribution is -0.0279. The Bertz CT molecular complexity index is 406. The molecule has 112 valence electrons. The smallest absolute Gasteiger partial charge is 0.119 e. The second-order valence-electron chi connectivity index (χ2n) is 6.02. The minimum absolute atomic E-state index is 0.193. The normalized spacial score (nSPS) is 23.0. The standard InChI is InChI=1S/C17H27NO2/c1-13(2)11-18-12-15-7-5-9-20-17(15)14-6-4-8-16(10-14)19-3/h4,6,8,10,13,15,17-18H,5,7,9,11-12H2,1-3H3. The summed E-state index contributed by atoms with van der Waals surface area (Å²) in [6, 6.07) is 8.28. The highest BCUT2D eigenvalue weighted by Gasteiger charge is 2.27. The van der Waals surface area contributed by atoms with E-state index >= 15 is 0 Å². The quantitative estimate of drug-likeness (QED) is 0.864. The van der Waals surface area contributed by atoms with E-state index in [0.29, 0.717) is 11.8 Å². The number of hydrogen-bond acceptors (Lipinski definition) is 3. The van der Waals surface area contributed by atoms with Crippen molar-refractivity contribution in [3.8, 4) is 5.75 Å². The number of methoxy groups -OCH3 is 1. The van der Waals surface area contributed by atoms with Crippen LogP contribution in [-0.4, -0.2) is 26.8 Å². The van der Waals surface area contributed by atoms with Gasteiger partial charge in [-0.05, 0) is 43.0 Å². The second kappa shape index (κ2) is 7.65. The van der Waals surface area contributed by atoms with Crippen LogP contribution in [0.25, 0.3) is 0 Å². The Kier molecular flexibility index (Phi) is 5.86. The van der Waals surface area contributed by atoms with Crippen molar-refractivity contribution in [2.45, 2.75) is 32.8 Å². The molecule has 1 aliphatic rings. The Hall–Kier alpha value is -1.06. The molecule has 1 saturated heterocycles. The largest absolute Gasteiger partial charge is 0.497 e. The Morgan fingerprint density at radius 1 is 1.40 bits per heavy atom. The summed E-state index contributed by atoms with van der Waals surface area (Å²) in [5.41, 5.74) is 1.24. The third-order valence-electron chi connectivity index (χ3n) is 3.83. The van der Waals surface area contributed by atoms with Gasteiger partial charge in [0, 0.05) is 19.1 Å². The van der Waals surface area contributed by atoms with Crippen molar-refractivity contribution in [1.29, 1.82) is 0 Å². The molecule has 0 aromatic heterocycles. The molecule has 20 heavy (non-hydrogen) atoms. The van der Waals surface area contributed by atoms with Crippen LogP contribution in [0.1, 0.15) is 38.4 Å². The van der Waals surface area contributed by atoms with Crippen LogP contribution in [0.5, 0.6) is 5.75 Å². The molecule has 1 aromatic rings. The first kappa shape index (κ1) is 15.3. The zero-order chi connectivity index (χ0) is 14.4. The van der Waals surface area contributed by atoms with Crippen molar-refractivity contribution < 1.29 is 9.47 Å². The van der Waals surface area contributed by atoms with E-state index in [1.165, 1.54) is 12.0 Å². The highest BCUT2D eigenvalue weighted by atomic mass is 16.5. The van der Waals surface area contributed by atoms with Crippen LogP contribution in [0, 0.1) is 11.8 Å². The zero-order valence-corrected chi connectivity index (χ0v) is 12.9. The van der Waals surface area contributed by atoms with E-state index in [0.717, 1.165) is 31.9 Å². The summed E-state index contributed by atoms with van der Waals surface area (Å²) in [5.74, 6) is 2.15. The molecule has 2 rings (SSSR count). The number of nitrogens with one attached hydrogen (secondary N) is 1. The van der Waals surface area contributed by atoms with Crippen LogP contribution in [0.2, 0.25) is 0 Å². The number of ether oxygens (including phenoxy) is 2. The summed E-state index contributed by atoms with van der Waals surface area (Å²) >= 11 is 0. The molecule has 2 atom stereocenters. The predicted octanol–water partition coefficient (Wildman–Crippen LogP) is 3.41. The second-order valence-corrected chi connectivity index (χ2v) is 6.02. The predicted molar refractivity (Wildman–Crippen MR) is 82.1 cm³/mol.